The van der Waals surface area contributed by atoms with Gasteiger partial charge < -0.3 is 15.7 Å². The fourth-order valence-corrected chi connectivity index (χ4v) is 2.46. The number of benzene rings is 1. The summed E-state index contributed by atoms with van der Waals surface area (Å²) in [5, 5.41) is 8.89. The first kappa shape index (κ1) is 14.8. The lowest BCUT2D eigenvalue weighted by molar-refractivity contribution is -0.132. The van der Waals surface area contributed by atoms with Gasteiger partial charge in [-0.15, -0.1) is 0 Å². The van der Waals surface area contributed by atoms with Gasteiger partial charge in [0.1, 0.15) is 0 Å². The monoisotopic (exact) mass is 277 g/mol. The van der Waals surface area contributed by atoms with Crippen LogP contribution in [0.1, 0.15) is 12.0 Å². The molecular formula is C15H23N3O2. The van der Waals surface area contributed by atoms with Gasteiger partial charge in [-0.2, -0.15) is 0 Å². The maximum atomic E-state index is 12.1. The van der Waals surface area contributed by atoms with Gasteiger partial charge in [-0.3, -0.25) is 9.69 Å². The molecule has 1 amide bonds. The van der Waals surface area contributed by atoms with Crippen molar-refractivity contribution in [1.82, 2.24) is 9.80 Å². The number of carbonyl (C=O) groups excluding carboxylic acids is 1. The van der Waals surface area contributed by atoms with E-state index in [4.69, 9.17) is 10.8 Å². The summed E-state index contributed by atoms with van der Waals surface area (Å²) in [4.78, 5) is 16.2. The molecule has 1 aliphatic heterocycles. The van der Waals surface area contributed by atoms with E-state index in [1.54, 1.807) is 0 Å². The van der Waals surface area contributed by atoms with Gasteiger partial charge in [0.2, 0.25) is 5.91 Å². The molecule has 110 valence electrons. The van der Waals surface area contributed by atoms with Crippen molar-refractivity contribution in [3.63, 3.8) is 0 Å². The molecule has 1 aromatic carbocycles. The predicted octanol–water partition coefficient (Wildman–Crippen LogP) is 0.338. The number of aryl methyl sites for hydroxylation is 1. The fraction of sp³-hybridized carbons (Fsp3) is 0.533. The number of nitrogen functional groups attached to an aromatic ring is 1. The number of nitrogens with zero attached hydrogens (tertiary/aromatic N) is 2. The third kappa shape index (κ3) is 4.21. The summed E-state index contributed by atoms with van der Waals surface area (Å²) < 4.78 is 0. The molecule has 5 nitrogen and oxygen atoms in total. The average molecular weight is 277 g/mol. The summed E-state index contributed by atoms with van der Waals surface area (Å²) in [5.41, 5.74) is 7.53. The van der Waals surface area contributed by atoms with E-state index in [0.717, 1.165) is 43.9 Å². The Kier molecular flexibility index (Phi) is 5.38. The van der Waals surface area contributed by atoms with E-state index in [-0.39, 0.29) is 12.5 Å². The van der Waals surface area contributed by atoms with Gasteiger partial charge in [0.05, 0.1) is 6.61 Å². The van der Waals surface area contributed by atoms with E-state index in [9.17, 15) is 4.79 Å². The highest BCUT2D eigenvalue weighted by atomic mass is 16.3. The summed E-state index contributed by atoms with van der Waals surface area (Å²) >= 11 is 0. The van der Waals surface area contributed by atoms with E-state index < -0.39 is 0 Å². The minimum atomic E-state index is 0.186. The van der Waals surface area contributed by atoms with E-state index in [2.05, 4.69) is 4.90 Å². The van der Waals surface area contributed by atoms with Crippen molar-refractivity contribution >= 4 is 11.6 Å². The molecule has 1 heterocycles. The van der Waals surface area contributed by atoms with Crippen molar-refractivity contribution in [1.29, 1.82) is 0 Å². The molecular weight excluding hydrogens is 254 g/mol. The highest BCUT2D eigenvalue weighted by Gasteiger charge is 2.20. The van der Waals surface area contributed by atoms with Gasteiger partial charge in [-0.25, -0.2) is 0 Å². The Morgan fingerprint density at radius 2 is 1.80 bits per heavy atom. The van der Waals surface area contributed by atoms with Crippen LogP contribution in [0.15, 0.2) is 24.3 Å². The molecule has 1 fully saturated rings. The molecule has 0 spiro atoms. The normalized spacial score (nSPS) is 16.4. The maximum Gasteiger partial charge on any atom is 0.222 e. The molecule has 1 aliphatic rings. The number of hydrogen-bond acceptors (Lipinski definition) is 4. The van der Waals surface area contributed by atoms with Gasteiger partial charge >= 0.3 is 0 Å². The van der Waals surface area contributed by atoms with Crippen LogP contribution in [-0.4, -0.2) is 60.1 Å². The SMILES string of the molecule is Nc1ccc(CCC(=O)N2CCN(CCO)CC2)cc1. The molecule has 20 heavy (non-hydrogen) atoms. The zero-order valence-electron chi connectivity index (χ0n) is 11.8. The third-order valence-electron chi connectivity index (χ3n) is 3.75. The molecule has 0 atom stereocenters. The van der Waals surface area contributed by atoms with Crippen LogP contribution in [0.25, 0.3) is 0 Å². The van der Waals surface area contributed by atoms with Crippen LogP contribution >= 0.6 is 0 Å². The van der Waals surface area contributed by atoms with Crippen LogP contribution in [0, 0.1) is 0 Å². The minimum Gasteiger partial charge on any atom is -0.399 e. The fourth-order valence-electron chi connectivity index (χ4n) is 2.46. The van der Waals surface area contributed by atoms with E-state index in [0.29, 0.717) is 13.0 Å². The Morgan fingerprint density at radius 3 is 2.40 bits per heavy atom. The van der Waals surface area contributed by atoms with Crippen molar-refractivity contribution in [3.8, 4) is 0 Å². The number of rotatable bonds is 5. The lowest BCUT2D eigenvalue weighted by Crippen LogP contribution is -2.49. The number of hydrogen-bond donors (Lipinski definition) is 2. The topological polar surface area (TPSA) is 69.8 Å². The summed E-state index contributed by atoms with van der Waals surface area (Å²) in [7, 11) is 0. The largest absolute Gasteiger partial charge is 0.399 e. The molecule has 0 unspecified atom stereocenters. The van der Waals surface area contributed by atoms with Crippen LogP contribution in [0.3, 0.4) is 0 Å². The molecule has 0 radical (unpaired) electrons. The number of anilines is 1. The molecule has 0 aromatic heterocycles. The smallest absolute Gasteiger partial charge is 0.222 e. The number of piperazine rings is 1. The highest BCUT2D eigenvalue weighted by Crippen LogP contribution is 2.10. The van der Waals surface area contributed by atoms with Crippen molar-refractivity contribution in [3.05, 3.63) is 29.8 Å². The molecule has 1 aromatic rings. The lowest BCUT2D eigenvalue weighted by atomic mass is 10.1. The second kappa shape index (κ2) is 7.26. The van der Waals surface area contributed by atoms with Gasteiger partial charge in [-0.05, 0) is 24.1 Å². The molecule has 0 aliphatic carbocycles. The highest BCUT2D eigenvalue weighted by molar-refractivity contribution is 5.76. The zero-order valence-corrected chi connectivity index (χ0v) is 11.8. The second-order valence-corrected chi connectivity index (χ2v) is 5.19. The molecule has 3 N–H and O–H groups in total. The van der Waals surface area contributed by atoms with Crippen molar-refractivity contribution in [2.24, 2.45) is 0 Å². The van der Waals surface area contributed by atoms with Crippen LogP contribution in [-0.2, 0) is 11.2 Å². The first-order valence-electron chi connectivity index (χ1n) is 7.14. The minimum absolute atomic E-state index is 0.186. The Balaban J connectivity index is 1.74. The van der Waals surface area contributed by atoms with Gasteiger partial charge in [0.25, 0.3) is 0 Å². The summed E-state index contributed by atoms with van der Waals surface area (Å²) in [6, 6.07) is 7.69. The quantitative estimate of drug-likeness (QED) is 0.761. The first-order valence-corrected chi connectivity index (χ1v) is 7.14. The van der Waals surface area contributed by atoms with Gasteiger partial charge in [0.15, 0.2) is 0 Å². The Labute approximate surface area is 120 Å². The first-order chi connectivity index (χ1) is 9.69. The summed E-state index contributed by atoms with van der Waals surface area (Å²) in [5.74, 6) is 0.213. The number of aliphatic hydroxyl groups is 1. The second-order valence-electron chi connectivity index (χ2n) is 5.19. The Morgan fingerprint density at radius 1 is 1.15 bits per heavy atom. The summed E-state index contributed by atoms with van der Waals surface area (Å²) in [6.07, 6.45) is 1.31. The van der Waals surface area contributed by atoms with Crippen LogP contribution in [0.4, 0.5) is 5.69 Å². The molecule has 0 saturated carbocycles. The predicted molar refractivity (Wildman–Crippen MR) is 79.3 cm³/mol. The van der Waals surface area contributed by atoms with Gasteiger partial charge in [-0.1, -0.05) is 12.1 Å². The number of carbonyl (C=O) groups is 1. The molecule has 2 rings (SSSR count). The van der Waals surface area contributed by atoms with Crippen molar-refractivity contribution in [2.45, 2.75) is 12.8 Å². The average Bonchev–Trinajstić information content (AvgIpc) is 2.47. The molecule has 1 saturated heterocycles. The Bertz CT molecular complexity index is 425. The van der Waals surface area contributed by atoms with Crippen LogP contribution in [0.5, 0.6) is 0 Å². The number of amides is 1. The third-order valence-corrected chi connectivity index (χ3v) is 3.75. The number of aliphatic hydroxyl groups excluding tert-OH is 1. The molecule has 5 heteroatoms. The molecule has 0 bridgehead atoms. The Hall–Kier alpha value is -1.59. The lowest BCUT2D eigenvalue weighted by Gasteiger charge is -2.34. The van der Waals surface area contributed by atoms with Crippen molar-refractivity contribution in [2.75, 3.05) is 45.1 Å². The van der Waals surface area contributed by atoms with Crippen LogP contribution < -0.4 is 5.73 Å². The standard InChI is InChI=1S/C15H23N3O2/c16-14-4-1-13(2-5-14)3-6-15(20)18-9-7-17(8-10-18)11-12-19/h1-2,4-5,19H,3,6-12,16H2. The summed E-state index contributed by atoms with van der Waals surface area (Å²) in [6.45, 7) is 4.13. The van der Waals surface area contributed by atoms with Crippen LogP contribution in [0.2, 0.25) is 0 Å². The van der Waals surface area contributed by atoms with E-state index in [1.807, 2.05) is 29.2 Å². The maximum absolute atomic E-state index is 12.1. The number of nitrogens with two attached hydrogens (primary N) is 1. The van der Waals surface area contributed by atoms with E-state index >= 15 is 0 Å². The van der Waals surface area contributed by atoms with Crippen molar-refractivity contribution < 1.29 is 9.90 Å². The van der Waals surface area contributed by atoms with Gasteiger partial charge in [0, 0.05) is 44.8 Å². The zero-order chi connectivity index (χ0) is 14.4. The number of β-amino-alcohol motifs (C(OH)–C–C–N with tert-alkyl or cyclic N) is 1. The van der Waals surface area contributed by atoms with E-state index in [1.165, 1.54) is 0 Å².